The lowest BCUT2D eigenvalue weighted by Gasteiger charge is -2.45. The molecule has 12 rings (SSSR count). The minimum Gasteiger partial charge on any atom is -0.456 e. The molecule has 0 amide bonds. The average Bonchev–Trinajstić information content (AvgIpc) is 3.73. The summed E-state index contributed by atoms with van der Waals surface area (Å²) in [5.41, 5.74) is 22.5. The Morgan fingerprint density at radius 2 is 0.879 bits per heavy atom. The lowest BCUT2D eigenvalue weighted by molar-refractivity contribution is 0.590. The van der Waals surface area contributed by atoms with Crippen molar-refractivity contribution in [1.29, 1.82) is 0 Å². The molecule has 0 saturated heterocycles. The maximum Gasteiger partial charge on any atom is 0.252 e. The number of furan rings is 1. The molecule has 0 spiro atoms. The van der Waals surface area contributed by atoms with Gasteiger partial charge in [-0.25, -0.2) is 0 Å². The van der Waals surface area contributed by atoms with Gasteiger partial charge >= 0.3 is 0 Å². The van der Waals surface area contributed by atoms with Crippen LogP contribution in [0.25, 0.3) is 55.3 Å². The SMILES string of the molecule is CC(C)(C)c1ccc2c(c1)B1c3cc(-c4ccccc4)ccc3N(c3ccc(-c4ccccc4)cc3)c3cc(C(C)(C)C)cc(c31)N2c1ccc(-c2cccc3oc4ccccc4c23)cc1. The Balaban J connectivity index is 1.11. The highest BCUT2D eigenvalue weighted by Crippen LogP contribution is 2.48. The van der Waals surface area contributed by atoms with Crippen LogP contribution in [0, 0.1) is 0 Å². The van der Waals surface area contributed by atoms with Crippen LogP contribution in [-0.4, -0.2) is 6.71 Å². The van der Waals surface area contributed by atoms with Gasteiger partial charge in [-0.3, -0.25) is 0 Å². The first kappa shape index (κ1) is 40.0. The Bertz CT molecular complexity index is 3480. The van der Waals surface area contributed by atoms with Gasteiger partial charge in [0.05, 0.1) is 0 Å². The maximum atomic E-state index is 6.33. The fraction of sp³-hybridized carbons (Fsp3) is 0.129. The molecule has 10 aromatic rings. The summed E-state index contributed by atoms with van der Waals surface area (Å²) in [4.78, 5) is 5.09. The van der Waals surface area contributed by atoms with Crippen LogP contribution in [0.5, 0.6) is 0 Å². The molecule has 3 nitrogen and oxygen atoms in total. The highest BCUT2D eigenvalue weighted by molar-refractivity contribution is 7.00. The Kier molecular flexibility index (Phi) is 9.09. The first-order valence-electron chi connectivity index (χ1n) is 23.3. The van der Waals surface area contributed by atoms with Crippen molar-refractivity contribution in [3.63, 3.8) is 0 Å². The second-order valence-corrected chi connectivity index (χ2v) is 20.2. The molecule has 318 valence electrons. The van der Waals surface area contributed by atoms with E-state index < -0.39 is 0 Å². The summed E-state index contributed by atoms with van der Waals surface area (Å²) in [6.07, 6.45) is 0. The molecule has 0 saturated carbocycles. The van der Waals surface area contributed by atoms with Gasteiger partial charge < -0.3 is 14.2 Å². The van der Waals surface area contributed by atoms with Crippen molar-refractivity contribution < 1.29 is 4.42 Å². The molecule has 9 aromatic carbocycles. The Morgan fingerprint density at radius 3 is 1.50 bits per heavy atom. The van der Waals surface area contributed by atoms with Gasteiger partial charge in [0.15, 0.2) is 0 Å². The van der Waals surface area contributed by atoms with E-state index in [9.17, 15) is 0 Å². The summed E-state index contributed by atoms with van der Waals surface area (Å²) in [6, 6.07) is 74.1. The van der Waals surface area contributed by atoms with E-state index >= 15 is 0 Å². The zero-order valence-electron chi connectivity index (χ0n) is 38.4. The summed E-state index contributed by atoms with van der Waals surface area (Å²) < 4.78 is 6.33. The Labute approximate surface area is 388 Å². The average molecular weight is 851 g/mol. The quantitative estimate of drug-likeness (QED) is 0.161. The molecule has 0 fully saturated rings. The third-order valence-corrected chi connectivity index (χ3v) is 14.0. The predicted octanol–water partition coefficient (Wildman–Crippen LogP) is 15.3. The van der Waals surface area contributed by atoms with Crippen molar-refractivity contribution in [2.75, 3.05) is 9.80 Å². The van der Waals surface area contributed by atoms with E-state index in [1.807, 2.05) is 6.07 Å². The van der Waals surface area contributed by atoms with Crippen molar-refractivity contribution in [2.45, 2.75) is 52.4 Å². The van der Waals surface area contributed by atoms with Crippen LogP contribution < -0.4 is 26.2 Å². The molecule has 1 aromatic heterocycles. The fourth-order valence-corrected chi connectivity index (χ4v) is 10.5. The topological polar surface area (TPSA) is 19.6 Å². The monoisotopic (exact) mass is 850 g/mol. The van der Waals surface area contributed by atoms with Crippen molar-refractivity contribution in [3.05, 3.63) is 211 Å². The summed E-state index contributed by atoms with van der Waals surface area (Å²) in [6.45, 7) is 14.0. The fourth-order valence-electron chi connectivity index (χ4n) is 10.5. The molecule has 66 heavy (non-hydrogen) atoms. The van der Waals surface area contributed by atoms with E-state index in [0.29, 0.717) is 0 Å². The molecule has 0 N–H and O–H groups in total. The number of fused-ring (bicyclic) bond motifs is 7. The first-order valence-corrected chi connectivity index (χ1v) is 23.3. The zero-order chi connectivity index (χ0) is 44.9. The van der Waals surface area contributed by atoms with Gasteiger partial charge in [0.1, 0.15) is 11.2 Å². The van der Waals surface area contributed by atoms with Gasteiger partial charge in [0, 0.05) is 44.9 Å². The number of hydrogen-bond acceptors (Lipinski definition) is 3. The number of hydrogen-bond donors (Lipinski definition) is 0. The number of rotatable bonds is 5. The summed E-state index contributed by atoms with van der Waals surface area (Å²) in [5, 5.41) is 2.29. The van der Waals surface area contributed by atoms with Gasteiger partial charge in [-0.2, -0.15) is 0 Å². The van der Waals surface area contributed by atoms with Gasteiger partial charge in [-0.15, -0.1) is 0 Å². The van der Waals surface area contributed by atoms with Crippen LogP contribution in [0.15, 0.2) is 205 Å². The van der Waals surface area contributed by atoms with Crippen molar-refractivity contribution in [2.24, 2.45) is 0 Å². The van der Waals surface area contributed by atoms with Crippen molar-refractivity contribution >= 4 is 79.2 Å². The number of benzene rings is 9. The normalized spacial score (nSPS) is 13.2. The Morgan fingerprint density at radius 1 is 0.379 bits per heavy atom. The van der Waals surface area contributed by atoms with Gasteiger partial charge in [0.2, 0.25) is 0 Å². The molecule has 0 radical (unpaired) electrons. The van der Waals surface area contributed by atoms with Crippen molar-refractivity contribution in [3.8, 4) is 33.4 Å². The molecule has 0 unspecified atom stereocenters. The Hall–Kier alpha value is -7.56. The third kappa shape index (κ3) is 6.50. The molecule has 2 aliphatic heterocycles. The van der Waals surface area contributed by atoms with Crippen LogP contribution >= 0.6 is 0 Å². The second-order valence-electron chi connectivity index (χ2n) is 20.2. The molecular weight excluding hydrogens is 800 g/mol. The minimum atomic E-state index is -0.126. The molecule has 2 aliphatic rings. The maximum absolute atomic E-state index is 6.33. The molecule has 0 atom stereocenters. The molecule has 0 aliphatic carbocycles. The zero-order valence-corrected chi connectivity index (χ0v) is 38.4. The number of anilines is 6. The van der Waals surface area contributed by atoms with E-state index in [1.54, 1.807) is 0 Å². The van der Waals surface area contributed by atoms with E-state index in [-0.39, 0.29) is 17.5 Å². The molecular formula is C62H51BN2O. The lowest BCUT2D eigenvalue weighted by Crippen LogP contribution is -2.61. The summed E-state index contributed by atoms with van der Waals surface area (Å²) in [7, 11) is 0. The largest absolute Gasteiger partial charge is 0.456 e. The van der Waals surface area contributed by atoms with E-state index in [1.165, 1.54) is 78.1 Å². The number of nitrogens with zero attached hydrogens (tertiary/aromatic N) is 2. The van der Waals surface area contributed by atoms with Gasteiger partial charge in [-0.05, 0) is 132 Å². The lowest BCUT2D eigenvalue weighted by atomic mass is 9.33. The smallest absolute Gasteiger partial charge is 0.252 e. The molecule has 0 bridgehead atoms. The third-order valence-electron chi connectivity index (χ3n) is 14.0. The van der Waals surface area contributed by atoms with E-state index in [0.717, 1.165) is 38.9 Å². The van der Waals surface area contributed by atoms with E-state index in [4.69, 9.17) is 4.42 Å². The minimum absolute atomic E-state index is 0.0117. The van der Waals surface area contributed by atoms with Crippen LogP contribution in [0.2, 0.25) is 0 Å². The predicted molar refractivity (Wildman–Crippen MR) is 281 cm³/mol. The van der Waals surface area contributed by atoms with Crippen LogP contribution in [0.1, 0.15) is 52.7 Å². The standard InChI is InChI=1S/C62H51BN2O/c1-61(2,3)45-29-35-54-52(37-45)63-51-36-44(41-18-11-8-12-19-41)28-34-53(51)64(47-30-24-42(25-31-47)40-16-9-7-10-17-40)55-38-46(62(4,5)6)39-56(60(55)63)65(54)48-32-26-43(27-33-48)49-21-15-23-58-59(49)50-20-13-14-22-57(50)66-58/h7-39H,1-6H3. The highest BCUT2D eigenvalue weighted by Gasteiger charge is 2.44. The van der Waals surface area contributed by atoms with Gasteiger partial charge in [-0.1, -0.05) is 181 Å². The number of para-hydroxylation sites is 1. The van der Waals surface area contributed by atoms with Crippen LogP contribution in [-0.2, 0) is 10.8 Å². The first-order chi connectivity index (χ1) is 32.0. The van der Waals surface area contributed by atoms with Gasteiger partial charge in [0.25, 0.3) is 6.71 Å². The highest BCUT2D eigenvalue weighted by atomic mass is 16.3. The van der Waals surface area contributed by atoms with Crippen LogP contribution in [0.4, 0.5) is 34.1 Å². The van der Waals surface area contributed by atoms with E-state index in [2.05, 4.69) is 245 Å². The summed E-state index contributed by atoms with van der Waals surface area (Å²) in [5.74, 6) is 0. The van der Waals surface area contributed by atoms with Crippen LogP contribution in [0.3, 0.4) is 0 Å². The molecule has 4 heteroatoms. The second kappa shape index (κ2) is 15.0. The van der Waals surface area contributed by atoms with Crippen molar-refractivity contribution in [1.82, 2.24) is 0 Å². The summed E-state index contributed by atoms with van der Waals surface area (Å²) >= 11 is 0. The molecule has 3 heterocycles.